The molecule has 0 unspecified atom stereocenters. The molecule has 35 heavy (non-hydrogen) atoms. The minimum Gasteiger partial charge on any atom is -0.471 e. The van der Waals surface area contributed by atoms with Crippen molar-refractivity contribution in [3.05, 3.63) is 72.1 Å². The predicted molar refractivity (Wildman–Crippen MR) is 116 cm³/mol. The molecule has 1 saturated carbocycles. The second kappa shape index (κ2) is 8.49. The number of halogens is 4. The van der Waals surface area contributed by atoms with Crippen LogP contribution in [0.15, 0.2) is 54.9 Å². The molecule has 0 radical (unpaired) electrons. The summed E-state index contributed by atoms with van der Waals surface area (Å²) in [5, 5.41) is 8.37. The van der Waals surface area contributed by atoms with E-state index < -0.39 is 18.2 Å². The van der Waals surface area contributed by atoms with E-state index in [0.29, 0.717) is 41.1 Å². The quantitative estimate of drug-likeness (QED) is 0.356. The SMILES string of the molecule is Fc1ccc([C@H]2[C@@H](Oc3cncc4nnc(-c5ccc(OC(F)F)cc5)n34)CN2C2CC2)cc1F. The van der Waals surface area contributed by atoms with Gasteiger partial charge in [0.25, 0.3) is 0 Å². The van der Waals surface area contributed by atoms with E-state index >= 15 is 0 Å². The first-order valence-corrected chi connectivity index (χ1v) is 11.1. The van der Waals surface area contributed by atoms with Gasteiger partial charge in [0.2, 0.25) is 5.88 Å². The molecule has 0 bridgehead atoms. The minimum absolute atomic E-state index is 0.0275. The number of nitrogens with zero attached hydrogens (tertiary/aromatic N) is 5. The number of likely N-dealkylation sites (tertiary alicyclic amines) is 1. The fourth-order valence-corrected chi connectivity index (χ4v) is 4.52. The average Bonchev–Trinajstić information content (AvgIpc) is 3.56. The molecule has 3 heterocycles. The molecule has 0 amide bonds. The van der Waals surface area contributed by atoms with Crippen LogP contribution in [0.5, 0.6) is 11.6 Å². The first kappa shape index (κ1) is 21.8. The topological polar surface area (TPSA) is 64.8 Å². The third-order valence-electron chi connectivity index (χ3n) is 6.29. The van der Waals surface area contributed by atoms with E-state index in [4.69, 9.17) is 4.74 Å². The number of ether oxygens (including phenoxy) is 2. The summed E-state index contributed by atoms with van der Waals surface area (Å²) in [6.45, 7) is -2.29. The molecule has 2 aromatic heterocycles. The summed E-state index contributed by atoms with van der Waals surface area (Å²) in [6, 6.07) is 10.1. The van der Waals surface area contributed by atoms with Crippen molar-refractivity contribution in [3.8, 4) is 23.0 Å². The van der Waals surface area contributed by atoms with Gasteiger partial charge in [0, 0.05) is 18.2 Å². The molecule has 2 fully saturated rings. The van der Waals surface area contributed by atoms with E-state index in [1.807, 2.05) is 0 Å². The van der Waals surface area contributed by atoms with Crippen LogP contribution >= 0.6 is 0 Å². The van der Waals surface area contributed by atoms with E-state index in [1.54, 1.807) is 22.6 Å². The third-order valence-corrected chi connectivity index (χ3v) is 6.29. The van der Waals surface area contributed by atoms with Gasteiger partial charge in [-0.1, -0.05) is 6.07 Å². The molecule has 2 aromatic carbocycles. The first-order chi connectivity index (χ1) is 17.0. The van der Waals surface area contributed by atoms with Gasteiger partial charge < -0.3 is 9.47 Å². The highest BCUT2D eigenvalue weighted by atomic mass is 19.3. The fraction of sp³-hybridized carbons (Fsp3) is 0.292. The summed E-state index contributed by atoms with van der Waals surface area (Å²) in [5.74, 6) is -0.948. The van der Waals surface area contributed by atoms with Crippen molar-refractivity contribution in [2.24, 2.45) is 0 Å². The largest absolute Gasteiger partial charge is 0.471 e. The van der Waals surface area contributed by atoms with Crippen molar-refractivity contribution >= 4 is 5.65 Å². The maximum Gasteiger partial charge on any atom is 0.387 e. The Balaban J connectivity index is 1.32. The lowest BCUT2D eigenvalue weighted by molar-refractivity contribution is -0.0559. The van der Waals surface area contributed by atoms with Gasteiger partial charge in [-0.15, -0.1) is 10.2 Å². The average molecular weight is 485 g/mol. The first-order valence-electron chi connectivity index (χ1n) is 11.1. The van der Waals surface area contributed by atoms with Crippen LogP contribution in [0.2, 0.25) is 0 Å². The molecule has 2 atom stereocenters. The van der Waals surface area contributed by atoms with Crippen LogP contribution in [0.3, 0.4) is 0 Å². The van der Waals surface area contributed by atoms with Crippen LogP contribution in [0, 0.1) is 11.6 Å². The van der Waals surface area contributed by atoms with E-state index in [9.17, 15) is 17.6 Å². The molecule has 2 aliphatic rings. The number of alkyl halides is 2. The highest BCUT2D eigenvalue weighted by Crippen LogP contribution is 2.44. The van der Waals surface area contributed by atoms with Crippen molar-refractivity contribution in [2.45, 2.75) is 37.6 Å². The summed E-state index contributed by atoms with van der Waals surface area (Å²) in [5.41, 5.74) is 1.69. The lowest BCUT2D eigenvalue weighted by Crippen LogP contribution is -2.57. The lowest BCUT2D eigenvalue weighted by atomic mass is 9.91. The zero-order valence-corrected chi connectivity index (χ0v) is 18.2. The zero-order valence-electron chi connectivity index (χ0n) is 18.2. The van der Waals surface area contributed by atoms with Gasteiger partial charge in [-0.25, -0.2) is 13.2 Å². The molecule has 7 nitrogen and oxygen atoms in total. The summed E-state index contributed by atoms with van der Waals surface area (Å²) in [6.07, 6.45) is 4.86. The van der Waals surface area contributed by atoms with E-state index in [2.05, 4.69) is 24.8 Å². The number of aromatic nitrogens is 4. The van der Waals surface area contributed by atoms with Crippen LogP contribution in [-0.2, 0) is 0 Å². The molecule has 11 heteroatoms. The molecule has 6 rings (SSSR count). The Morgan fingerprint density at radius 1 is 0.943 bits per heavy atom. The van der Waals surface area contributed by atoms with Gasteiger partial charge >= 0.3 is 6.61 Å². The van der Waals surface area contributed by atoms with Crippen molar-refractivity contribution in [1.29, 1.82) is 0 Å². The molecule has 0 N–H and O–H groups in total. The van der Waals surface area contributed by atoms with Gasteiger partial charge in [-0.3, -0.25) is 9.88 Å². The van der Waals surface area contributed by atoms with Crippen LogP contribution in [-0.4, -0.2) is 49.8 Å². The Bertz CT molecular complexity index is 1380. The zero-order chi connectivity index (χ0) is 24.1. The number of benzene rings is 2. The van der Waals surface area contributed by atoms with Crippen LogP contribution in [0.25, 0.3) is 17.0 Å². The van der Waals surface area contributed by atoms with Crippen molar-refractivity contribution < 1.29 is 27.0 Å². The molecular weight excluding hydrogens is 466 g/mol. The summed E-state index contributed by atoms with van der Waals surface area (Å²) >= 11 is 0. The second-order valence-electron chi connectivity index (χ2n) is 8.57. The minimum atomic E-state index is -2.92. The molecule has 0 spiro atoms. The Labute approximate surface area is 196 Å². The number of hydrogen-bond donors (Lipinski definition) is 0. The maximum atomic E-state index is 14.0. The Kier molecular flexibility index (Phi) is 5.28. The van der Waals surface area contributed by atoms with E-state index in [-0.39, 0.29) is 17.9 Å². The normalized spacial score (nSPS) is 20.3. The predicted octanol–water partition coefficient (Wildman–Crippen LogP) is 4.64. The molecule has 4 aromatic rings. The molecule has 1 aliphatic heterocycles. The monoisotopic (exact) mass is 485 g/mol. The smallest absolute Gasteiger partial charge is 0.387 e. The Morgan fingerprint density at radius 2 is 1.74 bits per heavy atom. The van der Waals surface area contributed by atoms with Gasteiger partial charge in [0.1, 0.15) is 11.9 Å². The Hall–Kier alpha value is -3.73. The van der Waals surface area contributed by atoms with Crippen molar-refractivity contribution in [1.82, 2.24) is 24.5 Å². The van der Waals surface area contributed by atoms with Gasteiger partial charge in [-0.05, 0) is 54.8 Å². The lowest BCUT2D eigenvalue weighted by Gasteiger charge is -2.48. The maximum absolute atomic E-state index is 14.0. The fourth-order valence-electron chi connectivity index (χ4n) is 4.52. The molecule has 1 aliphatic carbocycles. The highest BCUT2D eigenvalue weighted by molar-refractivity contribution is 5.61. The molecular formula is C24H19F4N5O2. The van der Waals surface area contributed by atoms with Gasteiger partial charge in [0.15, 0.2) is 23.1 Å². The highest BCUT2D eigenvalue weighted by Gasteiger charge is 2.48. The third kappa shape index (κ3) is 4.05. The standard InChI is InChI=1S/C24H19F4N5O2/c25-17-8-3-14(9-18(17)26)22-19(12-32(22)15-4-5-15)35-21-11-29-10-20-30-31-23(33(20)21)13-1-6-16(7-2-13)34-24(27)28/h1-3,6-11,15,19,22,24H,4-5,12H2/t19-,22-/m0/s1. The number of fused-ring (bicyclic) bond motifs is 1. The van der Waals surface area contributed by atoms with Crippen LogP contribution < -0.4 is 9.47 Å². The van der Waals surface area contributed by atoms with Crippen LogP contribution in [0.1, 0.15) is 24.4 Å². The van der Waals surface area contributed by atoms with E-state index in [0.717, 1.165) is 18.9 Å². The summed E-state index contributed by atoms with van der Waals surface area (Å²) in [4.78, 5) is 6.43. The van der Waals surface area contributed by atoms with Gasteiger partial charge in [0.05, 0.1) is 18.4 Å². The van der Waals surface area contributed by atoms with E-state index in [1.165, 1.54) is 30.6 Å². The summed E-state index contributed by atoms with van der Waals surface area (Å²) < 4.78 is 64.9. The Morgan fingerprint density at radius 3 is 2.46 bits per heavy atom. The van der Waals surface area contributed by atoms with Crippen molar-refractivity contribution in [3.63, 3.8) is 0 Å². The van der Waals surface area contributed by atoms with Crippen LogP contribution in [0.4, 0.5) is 17.6 Å². The van der Waals surface area contributed by atoms with Gasteiger partial charge in [-0.2, -0.15) is 8.78 Å². The van der Waals surface area contributed by atoms with Crippen molar-refractivity contribution in [2.75, 3.05) is 6.54 Å². The number of hydrogen-bond acceptors (Lipinski definition) is 6. The second-order valence-corrected chi connectivity index (χ2v) is 8.57. The molecule has 180 valence electrons. The number of rotatable bonds is 7. The summed E-state index contributed by atoms with van der Waals surface area (Å²) in [7, 11) is 0. The molecule has 1 saturated heterocycles.